The van der Waals surface area contributed by atoms with Gasteiger partial charge in [0.15, 0.2) is 0 Å². The van der Waals surface area contributed by atoms with Gasteiger partial charge in [0.05, 0.1) is 12.7 Å². The van der Waals surface area contributed by atoms with Crippen LogP contribution in [0.3, 0.4) is 0 Å². The second-order valence-corrected chi connectivity index (χ2v) is 3.19. The molecule has 1 heterocycles. The molecule has 1 fully saturated rings. The molecule has 1 unspecified atom stereocenters. The number of carbonyl (C=O) groups is 1. The highest BCUT2D eigenvalue weighted by molar-refractivity contribution is 5.78. The number of aliphatic carboxylic acids is 1. The Hall–Kier alpha value is -0.690. The summed E-state index contributed by atoms with van der Waals surface area (Å²) >= 11 is 0. The van der Waals surface area contributed by atoms with E-state index in [9.17, 15) is 15.0 Å². The minimum Gasteiger partial charge on any atom is -0.479 e. The van der Waals surface area contributed by atoms with Gasteiger partial charge in [-0.15, -0.1) is 0 Å². The van der Waals surface area contributed by atoms with Crippen molar-refractivity contribution in [3.63, 3.8) is 0 Å². The Morgan fingerprint density at radius 1 is 1.69 bits per heavy atom. The number of carboxylic acid groups (broad SMARTS) is 1. The van der Waals surface area contributed by atoms with Crippen LogP contribution in [0.5, 0.6) is 0 Å². The summed E-state index contributed by atoms with van der Waals surface area (Å²) in [6.07, 6.45) is -3.69. The molecule has 0 aromatic heterocycles. The van der Waals surface area contributed by atoms with Crippen LogP contribution in [0.15, 0.2) is 0 Å². The van der Waals surface area contributed by atoms with Crippen LogP contribution in [0.25, 0.3) is 0 Å². The summed E-state index contributed by atoms with van der Waals surface area (Å²) in [5.74, 6) is -1.55. The highest BCUT2D eigenvalue weighted by Crippen LogP contribution is 2.26. The third-order valence-electron chi connectivity index (χ3n) is 2.14. The van der Waals surface area contributed by atoms with Crippen molar-refractivity contribution >= 4 is 5.97 Å². The lowest BCUT2D eigenvalue weighted by atomic mass is 9.95. The van der Waals surface area contributed by atoms with Gasteiger partial charge in [-0.25, -0.2) is 4.79 Å². The summed E-state index contributed by atoms with van der Waals surface area (Å²) in [6, 6.07) is 0. The van der Waals surface area contributed by atoms with Crippen LogP contribution in [0.2, 0.25) is 0 Å². The average Bonchev–Trinajstić information content (AvgIpc) is 2.30. The first-order chi connectivity index (χ1) is 5.89. The van der Waals surface area contributed by atoms with E-state index < -0.39 is 36.5 Å². The van der Waals surface area contributed by atoms with Gasteiger partial charge < -0.3 is 25.2 Å². The van der Waals surface area contributed by atoms with Crippen molar-refractivity contribution in [1.82, 2.24) is 0 Å². The molecule has 13 heavy (non-hydrogen) atoms. The second kappa shape index (κ2) is 3.22. The zero-order valence-electron chi connectivity index (χ0n) is 7.04. The number of aliphatic hydroxyl groups is 3. The third-order valence-corrected chi connectivity index (χ3v) is 2.14. The molecule has 1 aliphatic rings. The molecular weight excluding hydrogens is 180 g/mol. The number of carboxylic acids is 1. The highest BCUT2D eigenvalue weighted by atomic mass is 16.6. The van der Waals surface area contributed by atoms with Crippen molar-refractivity contribution in [2.24, 2.45) is 0 Å². The largest absolute Gasteiger partial charge is 0.479 e. The van der Waals surface area contributed by atoms with E-state index >= 15 is 0 Å². The van der Waals surface area contributed by atoms with Crippen LogP contribution in [-0.2, 0) is 9.53 Å². The highest BCUT2D eigenvalue weighted by Gasteiger charge is 2.55. The SMILES string of the molecule is CC(O)[C@H]1OC[C@@](O)(C(=O)O)[C@@H]1O. The van der Waals surface area contributed by atoms with Crippen molar-refractivity contribution < 1.29 is 30.0 Å². The zero-order chi connectivity index (χ0) is 10.2. The number of hydrogen-bond acceptors (Lipinski definition) is 5. The van der Waals surface area contributed by atoms with Crippen LogP contribution in [0.4, 0.5) is 0 Å². The van der Waals surface area contributed by atoms with Gasteiger partial charge in [-0.2, -0.15) is 0 Å². The average molecular weight is 192 g/mol. The van der Waals surface area contributed by atoms with Gasteiger partial charge in [-0.05, 0) is 6.92 Å². The fraction of sp³-hybridized carbons (Fsp3) is 0.857. The molecule has 6 nitrogen and oxygen atoms in total. The summed E-state index contributed by atoms with van der Waals surface area (Å²) in [7, 11) is 0. The van der Waals surface area contributed by atoms with Crippen LogP contribution in [0, 0.1) is 0 Å². The quantitative estimate of drug-likeness (QED) is 0.401. The first-order valence-corrected chi connectivity index (χ1v) is 3.83. The maximum Gasteiger partial charge on any atom is 0.341 e. The molecule has 0 aliphatic carbocycles. The van der Waals surface area contributed by atoms with Crippen LogP contribution in [-0.4, -0.2) is 56.9 Å². The first kappa shape index (κ1) is 10.4. The Bertz CT molecular complexity index is 215. The maximum absolute atomic E-state index is 10.5. The summed E-state index contributed by atoms with van der Waals surface area (Å²) in [5.41, 5.74) is -2.30. The van der Waals surface area contributed by atoms with E-state index in [2.05, 4.69) is 0 Å². The Balaban J connectivity index is 2.81. The third kappa shape index (κ3) is 1.53. The smallest absolute Gasteiger partial charge is 0.341 e. The van der Waals surface area contributed by atoms with Gasteiger partial charge in [-0.3, -0.25) is 0 Å². The van der Waals surface area contributed by atoms with E-state index in [1.165, 1.54) is 6.92 Å². The number of ether oxygens (including phenoxy) is 1. The Morgan fingerprint density at radius 2 is 2.23 bits per heavy atom. The van der Waals surface area contributed by atoms with Crippen molar-refractivity contribution in [3.8, 4) is 0 Å². The molecule has 0 bridgehead atoms. The summed E-state index contributed by atoms with van der Waals surface area (Å²) in [6.45, 7) is 0.834. The molecule has 0 aromatic rings. The van der Waals surface area contributed by atoms with Gasteiger partial charge in [0.2, 0.25) is 5.60 Å². The fourth-order valence-electron chi connectivity index (χ4n) is 1.26. The maximum atomic E-state index is 10.5. The lowest BCUT2D eigenvalue weighted by Gasteiger charge is -2.22. The second-order valence-electron chi connectivity index (χ2n) is 3.19. The molecular formula is C7H12O6. The lowest BCUT2D eigenvalue weighted by molar-refractivity contribution is -0.167. The summed E-state index contributed by atoms with van der Waals surface area (Å²) in [5, 5.41) is 36.3. The van der Waals surface area contributed by atoms with E-state index in [0.29, 0.717) is 0 Å². The predicted molar refractivity (Wildman–Crippen MR) is 40.0 cm³/mol. The molecule has 4 N–H and O–H groups in total. The number of hydrogen-bond donors (Lipinski definition) is 4. The van der Waals surface area contributed by atoms with Gasteiger partial charge in [0.1, 0.15) is 12.2 Å². The molecule has 0 radical (unpaired) electrons. The first-order valence-electron chi connectivity index (χ1n) is 3.83. The molecule has 0 amide bonds. The molecule has 1 rings (SSSR count). The van der Waals surface area contributed by atoms with Crippen molar-refractivity contribution in [2.45, 2.75) is 30.8 Å². The van der Waals surface area contributed by atoms with Gasteiger partial charge >= 0.3 is 5.97 Å². The lowest BCUT2D eigenvalue weighted by Crippen LogP contribution is -2.52. The van der Waals surface area contributed by atoms with Crippen LogP contribution >= 0.6 is 0 Å². The normalized spacial score (nSPS) is 41.8. The standard InChI is InChI=1S/C7H12O6/c1-3(8)4-5(9)7(12,2-13-4)6(10)11/h3-5,8-9,12H,2H2,1H3,(H,10,11)/t3?,4-,5-,7+/m1/s1. The van der Waals surface area contributed by atoms with Crippen LogP contribution in [0.1, 0.15) is 6.92 Å². The minimum atomic E-state index is -2.30. The van der Waals surface area contributed by atoms with E-state index in [4.69, 9.17) is 14.9 Å². The van der Waals surface area contributed by atoms with Crippen molar-refractivity contribution in [3.05, 3.63) is 0 Å². The monoisotopic (exact) mass is 192 g/mol. The van der Waals surface area contributed by atoms with Gasteiger partial charge in [0.25, 0.3) is 0 Å². The molecule has 0 spiro atoms. The molecule has 0 aromatic carbocycles. The van der Waals surface area contributed by atoms with Gasteiger partial charge in [0, 0.05) is 0 Å². The predicted octanol–water partition coefficient (Wildman–Crippen LogP) is -2.06. The van der Waals surface area contributed by atoms with E-state index in [1.54, 1.807) is 0 Å². The zero-order valence-corrected chi connectivity index (χ0v) is 7.04. The van der Waals surface area contributed by atoms with Crippen molar-refractivity contribution in [1.29, 1.82) is 0 Å². The summed E-state index contributed by atoms with van der Waals surface area (Å²) in [4.78, 5) is 10.5. The molecule has 1 saturated heterocycles. The fourth-order valence-corrected chi connectivity index (χ4v) is 1.26. The molecule has 4 atom stereocenters. The molecule has 0 saturated carbocycles. The van der Waals surface area contributed by atoms with E-state index in [-0.39, 0.29) is 0 Å². The van der Waals surface area contributed by atoms with E-state index in [1.807, 2.05) is 0 Å². The van der Waals surface area contributed by atoms with Crippen LogP contribution < -0.4 is 0 Å². The Morgan fingerprint density at radius 3 is 2.46 bits per heavy atom. The van der Waals surface area contributed by atoms with Crippen molar-refractivity contribution in [2.75, 3.05) is 6.61 Å². The number of aliphatic hydroxyl groups excluding tert-OH is 2. The Kier molecular flexibility index (Phi) is 2.58. The van der Waals surface area contributed by atoms with E-state index in [0.717, 1.165) is 0 Å². The summed E-state index contributed by atoms with van der Waals surface area (Å²) < 4.78 is 4.77. The Labute approximate surface area is 74.4 Å². The molecule has 1 aliphatic heterocycles. The minimum absolute atomic E-state index is 0.515. The topological polar surface area (TPSA) is 107 Å². The number of rotatable bonds is 2. The molecule has 76 valence electrons. The molecule has 6 heteroatoms. The van der Waals surface area contributed by atoms with Gasteiger partial charge in [-0.1, -0.05) is 0 Å².